The van der Waals surface area contributed by atoms with Gasteiger partial charge < -0.3 is 0 Å². The van der Waals surface area contributed by atoms with Gasteiger partial charge in [0.2, 0.25) is 10.0 Å². The van der Waals surface area contributed by atoms with E-state index in [0.717, 1.165) is 25.2 Å². The molecule has 114 valence electrons. The lowest BCUT2D eigenvalue weighted by Gasteiger charge is -2.08. The van der Waals surface area contributed by atoms with Crippen molar-refractivity contribution in [2.45, 2.75) is 17.7 Å². The largest absolute Gasteiger partial charge is 0.292 e. The first-order valence-corrected chi connectivity index (χ1v) is 8.09. The van der Waals surface area contributed by atoms with Crippen LogP contribution in [0, 0.1) is 23.5 Å². The van der Waals surface area contributed by atoms with Crippen molar-refractivity contribution in [3.8, 4) is 11.8 Å². The van der Waals surface area contributed by atoms with Gasteiger partial charge in [-0.15, -0.1) is 0 Å². The summed E-state index contributed by atoms with van der Waals surface area (Å²) in [5.41, 5.74) is 0. The Kier molecular flexibility index (Phi) is 5.28. The smallest absolute Gasteiger partial charge is 0.241 e. The molecule has 21 heavy (non-hydrogen) atoms. The van der Waals surface area contributed by atoms with Gasteiger partial charge >= 0.3 is 0 Å². The van der Waals surface area contributed by atoms with E-state index in [1.54, 1.807) is 0 Å². The van der Waals surface area contributed by atoms with Crippen LogP contribution >= 0.6 is 0 Å². The fourth-order valence-corrected chi connectivity index (χ4v) is 3.03. The number of hydrogen-bond donors (Lipinski definition) is 1. The maximum Gasteiger partial charge on any atom is 0.241 e. The van der Waals surface area contributed by atoms with Gasteiger partial charge in [-0.2, -0.15) is 4.72 Å². The zero-order valence-corrected chi connectivity index (χ0v) is 12.2. The summed E-state index contributed by atoms with van der Waals surface area (Å²) in [5.74, 6) is 3.70. The number of nitrogens with one attached hydrogen (secondary N) is 1. The first-order chi connectivity index (χ1) is 9.97. The lowest BCUT2D eigenvalue weighted by Crippen LogP contribution is -2.24. The Balaban J connectivity index is 1.90. The molecule has 1 fully saturated rings. The molecule has 0 aromatic heterocycles. The van der Waals surface area contributed by atoms with Crippen LogP contribution in [-0.2, 0) is 10.0 Å². The molecule has 1 aromatic rings. The van der Waals surface area contributed by atoms with Crippen LogP contribution in [0.2, 0.25) is 0 Å². The third kappa shape index (κ3) is 4.77. The van der Waals surface area contributed by atoms with Crippen LogP contribution in [-0.4, -0.2) is 39.5 Å². The van der Waals surface area contributed by atoms with Gasteiger partial charge in [-0.25, -0.2) is 17.2 Å². The van der Waals surface area contributed by atoms with Crippen molar-refractivity contribution in [3.05, 3.63) is 29.8 Å². The second-order valence-corrected chi connectivity index (χ2v) is 6.53. The quantitative estimate of drug-likeness (QED) is 0.853. The predicted molar refractivity (Wildman–Crippen MR) is 75.0 cm³/mol. The van der Waals surface area contributed by atoms with Crippen LogP contribution < -0.4 is 4.72 Å². The number of rotatable bonds is 4. The highest BCUT2D eigenvalue weighted by molar-refractivity contribution is 7.89. The molecule has 1 heterocycles. The van der Waals surface area contributed by atoms with E-state index in [2.05, 4.69) is 21.5 Å². The van der Waals surface area contributed by atoms with E-state index in [1.165, 1.54) is 12.8 Å². The standard InChI is InChI=1S/C14H16F2N2O2S/c15-12-9-13(16)11-14(10-12)21(19,20)17-5-1-2-6-18-7-3-4-8-18/h9-11,17H,3-8H2. The highest BCUT2D eigenvalue weighted by atomic mass is 32.2. The minimum Gasteiger partial charge on any atom is -0.292 e. The van der Waals surface area contributed by atoms with Gasteiger partial charge in [0, 0.05) is 6.07 Å². The van der Waals surface area contributed by atoms with Crippen molar-refractivity contribution in [3.63, 3.8) is 0 Å². The minimum absolute atomic E-state index is 0.0890. The summed E-state index contributed by atoms with van der Waals surface area (Å²) in [7, 11) is -3.95. The van der Waals surface area contributed by atoms with Crippen LogP contribution in [0.4, 0.5) is 8.78 Å². The Labute approximate surface area is 123 Å². The molecule has 1 saturated heterocycles. The maximum atomic E-state index is 13.0. The lowest BCUT2D eigenvalue weighted by atomic mass is 10.3. The Morgan fingerprint density at radius 2 is 1.71 bits per heavy atom. The van der Waals surface area contributed by atoms with Gasteiger partial charge in [0.1, 0.15) is 11.6 Å². The molecule has 2 rings (SSSR count). The molecule has 7 heteroatoms. The normalized spacial score (nSPS) is 15.7. The summed E-state index contributed by atoms with van der Waals surface area (Å²) in [6.07, 6.45) is 2.33. The summed E-state index contributed by atoms with van der Waals surface area (Å²) in [6.45, 7) is 2.55. The van der Waals surface area contributed by atoms with Crippen LogP contribution in [0.25, 0.3) is 0 Å². The van der Waals surface area contributed by atoms with E-state index in [-0.39, 0.29) is 6.54 Å². The monoisotopic (exact) mass is 314 g/mol. The van der Waals surface area contributed by atoms with Crippen molar-refractivity contribution in [1.29, 1.82) is 0 Å². The van der Waals surface area contributed by atoms with Crippen molar-refractivity contribution < 1.29 is 17.2 Å². The highest BCUT2D eigenvalue weighted by Gasteiger charge is 2.15. The predicted octanol–water partition coefficient (Wildman–Crippen LogP) is 1.34. The number of nitrogens with zero attached hydrogens (tertiary/aromatic N) is 1. The molecule has 0 spiro atoms. The van der Waals surface area contributed by atoms with E-state index in [1.807, 2.05) is 0 Å². The van der Waals surface area contributed by atoms with Crippen LogP contribution in [0.3, 0.4) is 0 Å². The summed E-state index contributed by atoms with van der Waals surface area (Å²) in [6, 6.07) is 2.15. The highest BCUT2D eigenvalue weighted by Crippen LogP contribution is 2.13. The molecule has 1 N–H and O–H groups in total. The molecule has 0 bridgehead atoms. The molecular formula is C14H16F2N2O2S. The molecule has 0 aliphatic carbocycles. The second kappa shape index (κ2) is 6.98. The minimum atomic E-state index is -3.95. The maximum absolute atomic E-state index is 13.0. The van der Waals surface area contributed by atoms with Crippen molar-refractivity contribution >= 4 is 10.0 Å². The van der Waals surface area contributed by atoms with Gasteiger partial charge in [0.25, 0.3) is 0 Å². The first kappa shape index (κ1) is 15.9. The molecule has 0 saturated carbocycles. The van der Waals surface area contributed by atoms with E-state index in [9.17, 15) is 17.2 Å². The topological polar surface area (TPSA) is 49.4 Å². The fourth-order valence-electron chi connectivity index (χ4n) is 2.07. The van der Waals surface area contributed by atoms with Crippen molar-refractivity contribution in [1.82, 2.24) is 9.62 Å². The Morgan fingerprint density at radius 1 is 1.10 bits per heavy atom. The first-order valence-electron chi connectivity index (χ1n) is 6.61. The van der Waals surface area contributed by atoms with E-state index < -0.39 is 26.6 Å². The van der Waals surface area contributed by atoms with Gasteiger partial charge in [-0.1, -0.05) is 11.8 Å². The molecule has 4 nitrogen and oxygen atoms in total. The van der Waals surface area contributed by atoms with Crippen molar-refractivity contribution in [2.24, 2.45) is 0 Å². The van der Waals surface area contributed by atoms with Crippen LogP contribution in [0.5, 0.6) is 0 Å². The Morgan fingerprint density at radius 3 is 2.33 bits per heavy atom. The van der Waals surface area contributed by atoms with Crippen LogP contribution in [0.15, 0.2) is 23.1 Å². The molecule has 0 unspecified atom stereocenters. The number of halogens is 2. The van der Waals surface area contributed by atoms with Gasteiger partial charge in [-0.05, 0) is 38.1 Å². The van der Waals surface area contributed by atoms with Gasteiger partial charge in [-0.3, -0.25) is 4.90 Å². The summed E-state index contributed by atoms with van der Waals surface area (Å²) in [5, 5.41) is 0. The molecular weight excluding hydrogens is 298 g/mol. The summed E-state index contributed by atoms with van der Waals surface area (Å²) >= 11 is 0. The van der Waals surface area contributed by atoms with Crippen LogP contribution in [0.1, 0.15) is 12.8 Å². The molecule has 1 aromatic carbocycles. The van der Waals surface area contributed by atoms with Gasteiger partial charge in [0.05, 0.1) is 18.0 Å². The van der Waals surface area contributed by atoms with E-state index >= 15 is 0 Å². The third-order valence-corrected chi connectivity index (χ3v) is 4.50. The molecule has 0 radical (unpaired) electrons. The molecule has 0 amide bonds. The fraction of sp³-hybridized carbons (Fsp3) is 0.429. The number of sulfonamides is 1. The van der Waals surface area contributed by atoms with E-state index in [4.69, 9.17) is 0 Å². The number of benzene rings is 1. The molecule has 0 atom stereocenters. The average molecular weight is 314 g/mol. The SMILES string of the molecule is O=S(=O)(NCC#CCN1CCCC1)c1cc(F)cc(F)c1. The molecule has 1 aliphatic rings. The zero-order chi connectivity index (χ0) is 15.3. The van der Waals surface area contributed by atoms with Gasteiger partial charge in [0.15, 0.2) is 0 Å². The summed E-state index contributed by atoms with van der Waals surface area (Å²) < 4.78 is 51.9. The van der Waals surface area contributed by atoms with Crippen molar-refractivity contribution in [2.75, 3.05) is 26.2 Å². The number of likely N-dealkylation sites (tertiary alicyclic amines) is 1. The second-order valence-electron chi connectivity index (χ2n) is 4.77. The average Bonchev–Trinajstić information content (AvgIpc) is 2.90. The Bertz CT molecular complexity index is 639. The number of hydrogen-bond acceptors (Lipinski definition) is 3. The Hall–Kier alpha value is -1.49. The zero-order valence-electron chi connectivity index (χ0n) is 11.4. The molecule has 1 aliphatic heterocycles. The van der Waals surface area contributed by atoms with E-state index in [0.29, 0.717) is 12.6 Å². The summed E-state index contributed by atoms with van der Waals surface area (Å²) in [4.78, 5) is 1.74. The lowest BCUT2D eigenvalue weighted by molar-refractivity contribution is 0.383. The third-order valence-electron chi connectivity index (χ3n) is 3.12.